The van der Waals surface area contributed by atoms with Gasteiger partial charge in [0.25, 0.3) is 11.6 Å². The highest BCUT2D eigenvalue weighted by Gasteiger charge is 2.28. The number of non-ortho nitro benzene ring substituents is 1. The number of hydrogen-bond donors (Lipinski definition) is 1. The summed E-state index contributed by atoms with van der Waals surface area (Å²) in [6.45, 7) is 1.63. The molecule has 0 atom stereocenters. The zero-order chi connectivity index (χ0) is 15.6. The molecule has 1 aliphatic rings. The largest absolute Gasteiger partial charge is 0.301 e. The normalized spacial score (nSPS) is 16.0. The van der Waals surface area contributed by atoms with Crippen LogP contribution in [0, 0.1) is 10.1 Å². The Bertz CT molecular complexity index is 648. The average Bonchev–Trinajstić information content (AvgIpc) is 2.42. The predicted molar refractivity (Wildman–Crippen MR) is 77.5 cm³/mol. The van der Waals surface area contributed by atoms with Gasteiger partial charge in [0, 0.05) is 12.1 Å². The summed E-state index contributed by atoms with van der Waals surface area (Å²) in [7, 11) is 0. The number of nitrogens with zero attached hydrogens (tertiary/aromatic N) is 3. The lowest BCUT2D eigenvalue weighted by molar-refractivity contribution is -0.384. The van der Waals surface area contributed by atoms with E-state index < -0.39 is 16.7 Å². The van der Waals surface area contributed by atoms with Crippen molar-refractivity contribution < 1.29 is 14.5 Å². The third-order valence-corrected chi connectivity index (χ3v) is 3.01. The summed E-state index contributed by atoms with van der Waals surface area (Å²) in [6.07, 6.45) is -0.322. The minimum Gasteiger partial charge on any atom is -0.301 e. The zero-order valence-electron chi connectivity index (χ0n) is 10.9. The van der Waals surface area contributed by atoms with Crippen molar-refractivity contribution >= 4 is 40.5 Å². The van der Waals surface area contributed by atoms with Crippen molar-refractivity contribution in [1.82, 2.24) is 10.3 Å². The number of rotatable bonds is 3. The molecule has 1 aromatic rings. The summed E-state index contributed by atoms with van der Waals surface area (Å²) < 4.78 is 0. The Morgan fingerprint density at radius 2 is 2.00 bits per heavy atom. The van der Waals surface area contributed by atoms with E-state index in [0.29, 0.717) is 11.3 Å². The van der Waals surface area contributed by atoms with E-state index in [-0.39, 0.29) is 17.2 Å². The van der Waals surface area contributed by atoms with Crippen molar-refractivity contribution in [1.29, 1.82) is 0 Å². The molecule has 1 aromatic carbocycles. The molecule has 0 bridgehead atoms. The first-order chi connectivity index (χ1) is 9.88. The van der Waals surface area contributed by atoms with Gasteiger partial charge in [-0.1, -0.05) is 0 Å². The van der Waals surface area contributed by atoms with Gasteiger partial charge >= 0.3 is 0 Å². The Morgan fingerprint density at radius 3 is 2.52 bits per heavy atom. The topological polar surface area (TPSA) is 105 Å². The molecule has 9 heteroatoms. The second-order valence-electron chi connectivity index (χ2n) is 4.23. The van der Waals surface area contributed by atoms with Crippen LogP contribution in [0.1, 0.15) is 18.9 Å². The van der Waals surface area contributed by atoms with E-state index in [4.69, 9.17) is 12.2 Å². The molecule has 0 unspecified atom stereocenters. The highest BCUT2D eigenvalue weighted by Crippen LogP contribution is 2.13. The predicted octanol–water partition coefficient (Wildman–Crippen LogP) is 0.952. The van der Waals surface area contributed by atoms with Gasteiger partial charge in [-0.3, -0.25) is 19.7 Å². The van der Waals surface area contributed by atoms with E-state index >= 15 is 0 Å². The van der Waals surface area contributed by atoms with Crippen LogP contribution in [0.4, 0.5) is 5.69 Å². The quantitative estimate of drug-likeness (QED) is 0.294. The van der Waals surface area contributed by atoms with E-state index in [1.54, 1.807) is 6.92 Å². The van der Waals surface area contributed by atoms with Crippen LogP contribution in [-0.2, 0) is 9.59 Å². The molecule has 0 aliphatic carbocycles. The van der Waals surface area contributed by atoms with Gasteiger partial charge in [-0.15, -0.1) is 0 Å². The molecule has 1 fully saturated rings. The molecule has 0 spiro atoms. The summed E-state index contributed by atoms with van der Waals surface area (Å²) in [5.41, 5.74) is 1.01. The van der Waals surface area contributed by atoms with Gasteiger partial charge in [0.2, 0.25) is 11.0 Å². The maximum absolute atomic E-state index is 11.7. The highest BCUT2D eigenvalue weighted by atomic mass is 32.1. The minimum absolute atomic E-state index is 0.0385. The van der Waals surface area contributed by atoms with Gasteiger partial charge in [-0.25, -0.2) is 0 Å². The summed E-state index contributed by atoms with van der Waals surface area (Å²) in [5.74, 6) is -0.991. The molecule has 0 radical (unpaired) electrons. The van der Waals surface area contributed by atoms with Crippen LogP contribution >= 0.6 is 12.2 Å². The lowest BCUT2D eigenvalue weighted by Crippen LogP contribution is -2.50. The van der Waals surface area contributed by atoms with Crippen molar-refractivity contribution in [2.75, 3.05) is 0 Å². The second-order valence-corrected chi connectivity index (χ2v) is 4.61. The number of carbonyl (C=O) groups excluding carboxylic acids is 2. The van der Waals surface area contributed by atoms with Crippen LogP contribution in [0.2, 0.25) is 0 Å². The molecular weight excluding hydrogens is 296 g/mol. The fourth-order valence-corrected chi connectivity index (χ4v) is 1.93. The third-order valence-electron chi connectivity index (χ3n) is 2.73. The molecule has 0 saturated carbocycles. The number of carbonyl (C=O) groups is 2. The molecule has 21 heavy (non-hydrogen) atoms. The van der Waals surface area contributed by atoms with E-state index in [9.17, 15) is 19.7 Å². The highest BCUT2D eigenvalue weighted by molar-refractivity contribution is 7.80. The first-order valence-corrected chi connectivity index (χ1v) is 6.26. The summed E-state index contributed by atoms with van der Waals surface area (Å²) in [6, 6.07) is 5.72. The van der Waals surface area contributed by atoms with E-state index in [1.165, 1.54) is 24.3 Å². The van der Waals surface area contributed by atoms with Gasteiger partial charge in [0.05, 0.1) is 10.6 Å². The number of hydrazone groups is 1. The number of benzene rings is 1. The minimum atomic E-state index is -0.523. The van der Waals surface area contributed by atoms with Crippen molar-refractivity contribution in [3.05, 3.63) is 39.9 Å². The molecule has 2 rings (SSSR count). The number of nitro groups is 1. The van der Waals surface area contributed by atoms with Crippen molar-refractivity contribution in [2.45, 2.75) is 13.3 Å². The number of amides is 2. The SMILES string of the molecule is CC(=NN1C(=O)CC(=O)NC1=S)c1ccc([N+](=O)[O-])cc1. The fraction of sp³-hybridized carbons (Fsp3) is 0.167. The molecule has 0 aromatic heterocycles. The first-order valence-electron chi connectivity index (χ1n) is 5.85. The molecule has 2 amide bonds. The number of hydrogen-bond acceptors (Lipinski definition) is 6. The smallest absolute Gasteiger partial charge is 0.269 e. The summed E-state index contributed by atoms with van der Waals surface area (Å²) in [4.78, 5) is 32.9. The van der Waals surface area contributed by atoms with Crippen LogP contribution in [0.3, 0.4) is 0 Å². The number of nitrogens with one attached hydrogen (secondary N) is 1. The number of thiocarbonyl (C=S) groups is 1. The van der Waals surface area contributed by atoms with Gasteiger partial charge < -0.3 is 5.32 Å². The summed E-state index contributed by atoms with van der Waals surface area (Å²) >= 11 is 4.88. The maximum atomic E-state index is 11.7. The zero-order valence-corrected chi connectivity index (χ0v) is 11.7. The Hall–Kier alpha value is -2.68. The Labute approximate surface area is 124 Å². The first kappa shape index (κ1) is 14.7. The van der Waals surface area contributed by atoms with Gasteiger partial charge in [-0.2, -0.15) is 10.1 Å². The maximum Gasteiger partial charge on any atom is 0.269 e. The van der Waals surface area contributed by atoms with Crippen molar-refractivity contribution in [3.8, 4) is 0 Å². The van der Waals surface area contributed by atoms with Gasteiger partial charge in [0.1, 0.15) is 6.42 Å². The summed E-state index contributed by atoms with van der Waals surface area (Å²) in [5, 5.41) is 17.8. The van der Waals surface area contributed by atoms with Crippen LogP contribution in [0.15, 0.2) is 29.4 Å². The average molecular weight is 306 g/mol. The lowest BCUT2D eigenvalue weighted by atomic mass is 10.1. The van der Waals surface area contributed by atoms with E-state index in [1.807, 2.05) is 0 Å². The molecule has 1 heterocycles. The third kappa shape index (κ3) is 3.26. The van der Waals surface area contributed by atoms with Crippen molar-refractivity contribution in [3.63, 3.8) is 0 Å². The van der Waals surface area contributed by atoms with E-state index in [0.717, 1.165) is 5.01 Å². The van der Waals surface area contributed by atoms with Crippen LogP contribution < -0.4 is 5.32 Å². The molecule has 1 N–H and O–H groups in total. The Balaban J connectivity index is 2.24. The van der Waals surface area contributed by atoms with Gasteiger partial charge in [-0.05, 0) is 36.8 Å². The van der Waals surface area contributed by atoms with Crippen LogP contribution in [0.5, 0.6) is 0 Å². The molecule has 1 aliphatic heterocycles. The van der Waals surface area contributed by atoms with Crippen LogP contribution in [-0.4, -0.2) is 32.6 Å². The van der Waals surface area contributed by atoms with Gasteiger partial charge in [0.15, 0.2) is 0 Å². The lowest BCUT2D eigenvalue weighted by Gasteiger charge is -2.23. The fourth-order valence-electron chi connectivity index (χ4n) is 1.68. The molecule has 1 saturated heterocycles. The standard InChI is InChI=1S/C12H10N4O4S/c1-7(8-2-4-9(5-3-8)16(19)20)14-15-11(18)6-10(17)13-12(15)21/h2-5H,6H2,1H3,(H,13,17,21). The van der Waals surface area contributed by atoms with Crippen molar-refractivity contribution in [2.24, 2.45) is 5.10 Å². The van der Waals surface area contributed by atoms with E-state index in [2.05, 4.69) is 10.4 Å². The Kier molecular flexibility index (Phi) is 4.03. The molecule has 8 nitrogen and oxygen atoms in total. The molecular formula is C12H10N4O4S. The molecule has 108 valence electrons. The van der Waals surface area contributed by atoms with Crippen LogP contribution in [0.25, 0.3) is 0 Å². The number of nitro benzene ring substituents is 1. The second kappa shape index (κ2) is 5.75. The monoisotopic (exact) mass is 306 g/mol. The Morgan fingerprint density at radius 1 is 1.38 bits per heavy atom.